The number of nitrogens with zero attached hydrogens (tertiary/aromatic N) is 7. The summed E-state index contributed by atoms with van der Waals surface area (Å²) in [5, 5.41) is 15.4. The van der Waals surface area contributed by atoms with Crippen molar-refractivity contribution in [2.75, 3.05) is 13.1 Å². The van der Waals surface area contributed by atoms with E-state index in [1.54, 1.807) is 10.9 Å². The van der Waals surface area contributed by atoms with Crippen molar-refractivity contribution in [2.24, 2.45) is 0 Å². The Kier molecular flexibility index (Phi) is 3.78. The summed E-state index contributed by atoms with van der Waals surface area (Å²) in [6, 6.07) is 9.51. The Hall–Kier alpha value is -3.03. The predicted octanol–water partition coefficient (Wildman–Crippen LogP) is 1.34. The van der Waals surface area contributed by atoms with E-state index in [4.69, 9.17) is 0 Å². The highest BCUT2D eigenvalue weighted by molar-refractivity contribution is 5.94. The molecule has 1 aliphatic rings. The van der Waals surface area contributed by atoms with Gasteiger partial charge in [0.25, 0.3) is 5.91 Å². The number of benzene rings is 1. The quantitative estimate of drug-likeness (QED) is 0.726. The van der Waals surface area contributed by atoms with E-state index in [1.807, 2.05) is 46.1 Å². The molecule has 3 heterocycles. The largest absolute Gasteiger partial charge is 0.337 e. The maximum Gasteiger partial charge on any atom is 0.254 e. The second kappa shape index (κ2) is 6.23. The predicted molar refractivity (Wildman–Crippen MR) is 85.6 cm³/mol. The number of hydrogen-bond donors (Lipinski definition) is 0. The Balaban J connectivity index is 1.54. The summed E-state index contributed by atoms with van der Waals surface area (Å²) in [6.07, 6.45) is 7.25. The van der Waals surface area contributed by atoms with Gasteiger partial charge in [0.05, 0.1) is 11.7 Å². The number of carbonyl (C=O) groups excluding carboxylic acids is 1. The topological polar surface area (TPSA) is 81.7 Å². The van der Waals surface area contributed by atoms with Gasteiger partial charge >= 0.3 is 0 Å². The molecule has 0 bridgehead atoms. The number of amides is 1. The highest BCUT2D eigenvalue weighted by Crippen LogP contribution is 2.22. The van der Waals surface area contributed by atoms with E-state index in [0.29, 0.717) is 12.1 Å². The van der Waals surface area contributed by atoms with Crippen LogP contribution in [0.3, 0.4) is 0 Å². The van der Waals surface area contributed by atoms with Crippen LogP contribution in [0.2, 0.25) is 0 Å². The number of aromatic nitrogens is 6. The summed E-state index contributed by atoms with van der Waals surface area (Å²) < 4.78 is 3.48. The fourth-order valence-electron chi connectivity index (χ4n) is 3.10. The molecule has 0 unspecified atom stereocenters. The monoisotopic (exact) mass is 323 g/mol. The fraction of sp³-hybridized carbons (Fsp3) is 0.312. The van der Waals surface area contributed by atoms with Gasteiger partial charge in [-0.15, -0.1) is 5.10 Å². The van der Waals surface area contributed by atoms with Crippen LogP contribution in [0, 0.1) is 0 Å². The standard InChI is InChI=1S/C16H17N7O/c24-16(13-4-1-5-14(10-13)23-12-17-19-20-23)21-8-2-6-15(11-21)22-9-3-7-18-22/h1,3-5,7,9-10,12,15H,2,6,8,11H2/t15-/m1/s1. The number of carbonyl (C=O) groups is 1. The number of tetrazole rings is 1. The smallest absolute Gasteiger partial charge is 0.254 e. The van der Waals surface area contributed by atoms with Gasteiger partial charge in [-0.25, -0.2) is 4.68 Å². The molecule has 4 rings (SSSR count). The zero-order valence-corrected chi connectivity index (χ0v) is 13.1. The van der Waals surface area contributed by atoms with Gasteiger partial charge in [-0.1, -0.05) is 6.07 Å². The molecular weight excluding hydrogens is 306 g/mol. The minimum absolute atomic E-state index is 0.0294. The van der Waals surface area contributed by atoms with Crippen LogP contribution in [0.5, 0.6) is 0 Å². The van der Waals surface area contributed by atoms with Crippen LogP contribution in [0.1, 0.15) is 29.2 Å². The minimum Gasteiger partial charge on any atom is -0.337 e. The van der Waals surface area contributed by atoms with E-state index in [1.165, 1.54) is 6.33 Å². The van der Waals surface area contributed by atoms with Gasteiger partial charge in [0.2, 0.25) is 0 Å². The minimum atomic E-state index is 0.0294. The molecule has 1 aromatic carbocycles. The third kappa shape index (κ3) is 2.78. The van der Waals surface area contributed by atoms with Gasteiger partial charge in [-0.3, -0.25) is 9.48 Å². The lowest BCUT2D eigenvalue weighted by atomic mass is 10.0. The first-order chi connectivity index (χ1) is 11.8. The molecule has 24 heavy (non-hydrogen) atoms. The Labute approximate surface area is 138 Å². The Morgan fingerprint density at radius 1 is 1.25 bits per heavy atom. The lowest BCUT2D eigenvalue weighted by Crippen LogP contribution is -2.40. The maximum absolute atomic E-state index is 12.9. The van der Waals surface area contributed by atoms with Gasteiger partial charge in [0.1, 0.15) is 6.33 Å². The van der Waals surface area contributed by atoms with Crippen molar-refractivity contribution in [1.82, 2.24) is 34.9 Å². The summed E-state index contributed by atoms with van der Waals surface area (Å²) in [7, 11) is 0. The highest BCUT2D eigenvalue weighted by atomic mass is 16.2. The van der Waals surface area contributed by atoms with Gasteiger partial charge < -0.3 is 4.90 Å². The molecule has 0 aliphatic carbocycles. The molecule has 2 aromatic heterocycles. The Morgan fingerprint density at radius 3 is 3.00 bits per heavy atom. The third-order valence-electron chi connectivity index (χ3n) is 4.29. The molecule has 1 atom stereocenters. The van der Waals surface area contributed by atoms with Crippen molar-refractivity contribution in [1.29, 1.82) is 0 Å². The average molecular weight is 323 g/mol. The van der Waals surface area contributed by atoms with Crippen LogP contribution in [-0.4, -0.2) is 53.9 Å². The van der Waals surface area contributed by atoms with Crippen LogP contribution < -0.4 is 0 Å². The van der Waals surface area contributed by atoms with Crippen molar-refractivity contribution in [3.05, 3.63) is 54.6 Å². The lowest BCUT2D eigenvalue weighted by Gasteiger charge is -2.33. The number of piperidine rings is 1. The van der Waals surface area contributed by atoms with Crippen molar-refractivity contribution < 1.29 is 4.79 Å². The van der Waals surface area contributed by atoms with Crippen molar-refractivity contribution >= 4 is 5.91 Å². The molecule has 0 radical (unpaired) electrons. The van der Waals surface area contributed by atoms with Crippen molar-refractivity contribution in [3.63, 3.8) is 0 Å². The van der Waals surface area contributed by atoms with E-state index in [2.05, 4.69) is 20.6 Å². The molecule has 1 saturated heterocycles. The van der Waals surface area contributed by atoms with Gasteiger partial charge in [0, 0.05) is 31.0 Å². The Morgan fingerprint density at radius 2 is 2.21 bits per heavy atom. The first-order valence-corrected chi connectivity index (χ1v) is 7.93. The number of hydrogen-bond acceptors (Lipinski definition) is 5. The first-order valence-electron chi connectivity index (χ1n) is 7.93. The SMILES string of the molecule is O=C(c1cccc(-n2cnnn2)c1)N1CCC[C@@H](n2cccn2)C1. The molecule has 1 amide bonds. The van der Waals surface area contributed by atoms with Crippen LogP contribution in [-0.2, 0) is 0 Å². The fourth-order valence-corrected chi connectivity index (χ4v) is 3.10. The molecule has 0 saturated carbocycles. The second-order valence-electron chi connectivity index (χ2n) is 5.84. The highest BCUT2D eigenvalue weighted by Gasteiger charge is 2.25. The van der Waals surface area contributed by atoms with Crippen LogP contribution in [0.25, 0.3) is 5.69 Å². The number of likely N-dealkylation sites (tertiary alicyclic amines) is 1. The van der Waals surface area contributed by atoms with E-state index in [-0.39, 0.29) is 11.9 Å². The van der Waals surface area contributed by atoms with Gasteiger partial charge in [0.15, 0.2) is 0 Å². The van der Waals surface area contributed by atoms with Gasteiger partial charge in [-0.05, 0) is 47.5 Å². The number of rotatable bonds is 3. The average Bonchev–Trinajstić information content (AvgIpc) is 3.35. The van der Waals surface area contributed by atoms with Crippen LogP contribution in [0.4, 0.5) is 0 Å². The molecule has 8 heteroatoms. The van der Waals surface area contributed by atoms with Crippen LogP contribution in [0.15, 0.2) is 49.1 Å². The van der Waals surface area contributed by atoms with E-state index in [0.717, 1.165) is 25.1 Å². The molecule has 122 valence electrons. The zero-order chi connectivity index (χ0) is 16.4. The summed E-state index contributed by atoms with van der Waals surface area (Å²) >= 11 is 0. The molecular formula is C16H17N7O. The molecule has 3 aromatic rings. The normalized spacial score (nSPS) is 17.8. The lowest BCUT2D eigenvalue weighted by molar-refractivity contribution is 0.0673. The van der Waals surface area contributed by atoms with Crippen molar-refractivity contribution in [3.8, 4) is 5.69 Å². The molecule has 0 N–H and O–H groups in total. The second-order valence-corrected chi connectivity index (χ2v) is 5.84. The molecule has 1 fully saturated rings. The maximum atomic E-state index is 12.9. The zero-order valence-electron chi connectivity index (χ0n) is 13.1. The molecule has 1 aliphatic heterocycles. The summed E-state index contributed by atoms with van der Waals surface area (Å²) in [5.74, 6) is 0.0294. The third-order valence-corrected chi connectivity index (χ3v) is 4.29. The molecule has 0 spiro atoms. The van der Waals surface area contributed by atoms with Crippen LogP contribution >= 0.6 is 0 Å². The summed E-state index contributed by atoms with van der Waals surface area (Å²) in [4.78, 5) is 14.8. The van der Waals surface area contributed by atoms with E-state index >= 15 is 0 Å². The summed E-state index contributed by atoms with van der Waals surface area (Å²) in [5.41, 5.74) is 1.41. The first kappa shape index (κ1) is 14.6. The molecule has 8 nitrogen and oxygen atoms in total. The van der Waals surface area contributed by atoms with E-state index < -0.39 is 0 Å². The van der Waals surface area contributed by atoms with E-state index in [9.17, 15) is 4.79 Å². The Bertz CT molecular complexity index is 813. The van der Waals surface area contributed by atoms with Crippen molar-refractivity contribution in [2.45, 2.75) is 18.9 Å². The summed E-state index contributed by atoms with van der Waals surface area (Å²) in [6.45, 7) is 1.45. The van der Waals surface area contributed by atoms with Gasteiger partial charge in [-0.2, -0.15) is 5.10 Å².